The van der Waals surface area contributed by atoms with Crippen molar-refractivity contribution < 1.29 is 14.3 Å². The minimum Gasteiger partial charge on any atom is -0.497 e. The Labute approximate surface area is 179 Å². The monoisotopic (exact) mass is 414 g/mol. The van der Waals surface area contributed by atoms with Crippen molar-refractivity contribution >= 4 is 17.6 Å². The zero-order valence-electron chi connectivity index (χ0n) is 19.3. The molecule has 7 heteroatoms. The number of amides is 2. The molecule has 0 saturated heterocycles. The molecule has 0 spiro atoms. The van der Waals surface area contributed by atoms with Crippen LogP contribution in [-0.2, 0) is 20.5 Å². The summed E-state index contributed by atoms with van der Waals surface area (Å²) in [5.41, 5.74) is 1.30. The molecule has 164 valence electrons. The molecule has 1 aromatic heterocycles. The molecule has 0 bridgehead atoms. The Morgan fingerprint density at radius 1 is 1.10 bits per heavy atom. The van der Waals surface area contributed by atoms with Crippen LogP contribution >= 0.6 is 0 Å². The molecule has 0 aliphatic carbocycles. The van der Waals surface area contributed by atoms with Gasteiger partial charge in [-0.25, -0.2) is 4.68 Å². The molecule has 1 aromatic carbocycles. The summed E-state index contributed by atoms with van der Waals surface area (Å²) in [5, 5.41) is 10.6. The highest BCUT2D eigenvalue weighted by Crippen LogP contribution is 2.29. The van der Waals surface area contributed by atoms with Crippen molar-refractivity contribution in [1.29, 1.82) is 0 Å². The van der Waals surface area contributed by atoms with Crippen LogP contribution in [0.2, 0.25) is 0 Å². The molecule has 0 saturated carbocycles. The predicted octanol–water partition coefficient (Wildman–Crippen LogP) is 4.15. The maximum Gasteiger partial charge on any atom is 0.227 e. The smallest absolute Gasteiger partial charge is 0.227 e. The fourth-order valence-corrected chi connectivity index (χ4v) is 3.06. The van der Waals surface area contributed by atoms with E-state index in [1.54, 1.807) is 7.11 Å². The lowest BCUT2D eigenvalue weighted by molar-refractivity contribution is -0.120. The molecule has 1 heterocycles. The first-order valence-corrected chi connectivity index (χ1v) is 10.1. The zero-order chi connectivity index (χ0) is 22.7. The van der Waals surface area contributed by atoms with E-state index < -0.39 is 6.04 Å². The number of anilines is 1. The summed E-state index contributed by atoms with van der Waals surface area (Å²) >= 11 is 0. The topological polar surface area (TPSA) is 85.2 Å². The molecule has 0 radical (unpaired) electrons. The van der Waals surface area contributed by atoms with E-state index in [0.29, 0.717) is 11.6 Å². The molecule has 2 N–H and O–H groups in total. The minimum absolute atomic E-state index is 0.103. The van der Waals surface area contributed by atoms with Gasteiger partial charge in [0.15, 0.2) is 0 Å². The Balaban J connectivity index is 2.26. The Kier molecular flexibility index (Phi) is 6.95. The van der Waals surface area contributed by atoms with E-state index in [1.165, 1.54) is 6.92 Å². The number of hydrogen-bond donors (Lipinski definition) is 2. The van der Waals surface area contributed by atoms with Crippen molar-refractivity contribution in [3.05, 3.63) is 41.6 Å². The molecular formula is C23H34N4O3. The van der Waals surface area contributed by atoms with Crippen molar-refractivity contribution in [3.63, 3.8) is 0 Å². The molecule has 2 rings (SSSR count). The van der Waals surface area contributed by atoms with Crippen LogP contribution in [-0.4, -0.2) is 28.7 Å². The van der Waals surface area contributed by atoms with Gasteiger partial charge in [0.2, 0.25) is 11.8 Å². The van der Waals surface area contributed by atoms with E-state index in [2.05, 4.69) is 31.4 Å². The number of carbonyl (C=O) groups is 2. The largest absolute Gasteiger partial charge is 0.497 e. The molecule has 2 aromatic rings. The predicted molar refractivity (Wildman–Crippen MR) is 119 cm³/mol. The number of carbonyl (C=O) groups excluding carboxylic acids is 2. The quantitative estimate of drug-likeness (QED) is 0.744. The standard InChI is InChI=1S/C23H34N4O3/c1-15(28)24-18(16-9-11-17(30-8)12-10-16)13-21(29)25-20-14-19(22(2,3)4)26-27(20)23(5,6)7/h9-12,14,18H,13H2,1-8H3,(H,24,28)(H,25,29). The Morgan fingerprint density at radius 2 is 1.70 bits per heavy atom. The molecule has 2 amide bonds. The van der Waals surface area contributed by atoms with Crippen LogP contribution in [0.15, 0.2) is 30.3 Å². The summed E-state index contributed by atoms with van der Waals surface area (Å²) in [6, 6.07) is 8.80. The van der Waals surface area contributed by atoms with Crippen molar-refractivity contribution in [2.45, 2.75) is 71.9 Å². The first-order valence-electron chi connectivity index (χ1n) is 10.1. The lowest BCUT2D eigenvalue weighted by Crippen LogP contribution is -2.31. The number of hydrogen-bond acceptors (Lipinski definition) is 4. The fourth-order valence-electron chi connectivity index (χ4n) is 3.06. The summed E-state index contributed by atoms with van der Waals surface area (Å²) in [7, 11) is 1.60. The van der Waals surface area contributed by atoms with Crippen LogP contribution in [0, 0.1) is 0 Å². The fraction of sp³-hybridized carbons (Fsp3) is 0.522. The van der Waals surface area contributed by atoms with Crippen LogP contribution in [0.3, 0.4) is 0 Å². The van der Waals surface area contributed by atoms with Crippen LogP contribution < -0.4 is 15.4 Å². The third-order valence-corrected chi connectivity index (χ3v) is 4.67. The summed E-state index contributed by atoms with van der Waals surface area (Å²) in [5.74, 6) is 0.969. The molecular weight excluding hydrogens is 380 g/mol. The number of rotatable bonds is 6. The van der Waals surface area contributed by atoms with Gasteiger partial charge >= 0.3 is 0 Å². The average Bonchev–Trinajstić information content (AvgIpc) is 3.05. The third-order valence-electron chi connectivity index (χ3n) is 4.67. The minimum atomic E-state index is -0.443. The second kappa shape index (κ2) is 8.90. The molecule has 0 aliphatic rings. The van der Waals surface area contributed by atoms with Gasteiger partial charge in [-0.15, -0.1) is 0 Å². The van der Waals surface area contributed by atoms with Gasteiger partial charge in [-0.1, -0.05) is 32.9 Å². The van der Waals surface area contributed by atoms with Gasteiger partial charge in [-0.3, -0.25) is 9.59 Å². The molecule has 1 atom stereocenters. The highest BCUT2D eigenvalue weighted by Gasteiger charge is 2.26. The summed E-state index contributed by atoms with van der Waals surface area (Å²) in [4.78, 5) is 24.6. The summed E-state index contributed by atoms with van der Waals surface area (Å²) in [6.45, 7) is 13.8. The van der Waals surface area contributed by atoms with Gasteiger partial charge in [0.1, 0.15) is 11.6 Å². The summed E-state index contributed by atoms with van der Waals surface area (Å²) in [6.07, 6.45) is 0.103. The van der Waals surface area contributed by atoms with Crippen LogP contribution in [0.5, 0.6) is 5.75 Å². The van der Waals surface area contributed by atoms with Crippen molar-refractivity contribution in [2.75, 3.05) is 12.4 Å². The van der Waals surface area contributed by atoms with E-state index in [4.69, 9.17) is 9.84 Å². The van der Waals surface area contributed by atoms with E-state index in [0.717, 1.165) is 11.3 Å². The van der Waals surface area contributed by atoms with E-state index >= 15 is 0 Å². The van der Waals surface area contributed by atoms with E-state index in [-0.39, 0.29) is 29.2 Å². The maximum atomic E-state index is 12.9. The number of nitrogens with one attached hydrogen (secondary N) is 2. The van der Waals surface area contributed by atoms with Crippen LogP contribution in [0.1, 0.15) is 72.2 Å². The third kappa shape index (κ3) is 6.08. The van der Waals surface area contributed by atoms with E-state index in [1.807, 2.05) is 55.8 Å². The molecule has 7 nitrogen and oxygen atoms in total. The van der Waals surface area contributed by atoms with Gasteiger partial charge in [-0.2, -0.15) is 5.10 Å². The highest BCUT2D eigenvalue weighted by molar-refractivity contribution is 5.91. The lowest BCUT2D eigenvalue weighted by Gasteiger charge is -2.23. The number of ether oxygens (including phenoxy) is 1. The molecule has 0 aliphatic heterocycles. The van der Waals surface area contributed by atoms with Crippen LogP contribution in [0.4, 0.5) is 5.82 Å². The molecule has 0 fully saturated rings. The average molecular weight is 415 g/mol. The number of nitrogens with zero attached hydrogens (tertiary/aromatic N) is 2. The van der Waals surface area contributed by atoms with Gasteiger partial charge < -0.3 is 15.4 Å². The lowest BCUT2D eigenvalue weighted by atomic mass is 9.92. The first-order chi connectivity index (χ1) is 13.8. The number of methoxy groups -OCH3 is 1. The van der Waals surface area contributed by atoms with Crippen molar-refractivity contribution in [3.8, 4) is 5.75 Å². The van der Waals surface area contributed by atoms with E-state index in [9.17, 15) is 9.59 Å². The van der Waals surface area contributed by atoms with Gasteiger partial charge in [0, 0.05) is 18.4 Å². The Hall–Kier alpha value is -2.83. The number of aromatic nitrogens is 2. The SMILES string of the molecule is COc1ccc(C(CC(=O)Nc2cc(C(C)(C)C)nn2C(C)(C)C)NC(C)=O)cc1. The summed E-state index contributed by atoms with van der Waals surface area (Å²) < 4.78 is 7.03. The normalized spacial score (nSPS) is 12.9. The van der Waals surface area contributed by atoms with Crippen molar-refractivity contribution in [1.82, 2.24) is 15.1 Å². The molecule has 1 unspecified atom stereocenters. The second-order valence-corrected chi connectivity index (χ2v) is 9.53. The second-order valence-electron chi connectivity index (χ2n) is 9.53. The van der Waals surface area contributed by atoms with Gasteiger partial charge in [0.25, 0.3) is 0 Å². The van der Waals surface area contributed by atoms with Gasteiger partial charge in [0.05, 0.1) is 30.8 Å². The Bertz CT molecular complexity index is 887. The Morgan fingerprint density at radius 3 is 2.17 bits per heavy atom. The number of benzene rings is 1. The van der Waals surface area contributed by atoms with Gasteiger partial charge in [-0.05, 0) is 38.5 Å². The molecule has 30 heavy (non-hydrogen) atoms. The first kappa shape index (κ1) is 23.4. The zero-order valence-corrected chi connectivity index (χ0v) is 19.3. The highest BCUT2D eigenvalue weighted by atomic mass is 16.5. The maximum absolute atomic E-state index is 12.9. The van der Waals surface area contributed by atoms with Crippen LogP contribution in [0.25, 0.3) is 0 Å². The van der Waals surface area contributed by atoms with Crippen molar-refractivity contribution in [2.24, 2.45) is 0 Å².